The Kier molecular flexibility index (Phi) is 4.86. The summed E-state index contributed by atoms with van der Waals surface area (Å²) in [5, 5.41) is 0. The van der Waals surface area contributed by atoms with Crippen LogP contribution < -0.4 is 16.7 Å². The van der Waals surface area contributed by atoms with Crippen LogP contribution in [0.1, 0.15) is 27.7 Å². The van der Waals surface area contributed by atoms with Crippen LogP contribution in [0.2, 0.25) is 0 Å². The molecule has 1 saturated heterocycles. The average Bonchev–Trinajstić information content (AvgIpc) is 2.66. The summed E-state index contributed by atoms with van der Waals surface area (Å²) in [5.41, 5.74) is -1.95. The lowest BCUT2D eigenvalue weighted by atomic mass is 9.81. The Hall–Kier alpha value is -1.42. The van der Waals surface area contributed by atoms with E-state index in [1.165, 1.54) is 25.0 Å². The van der Waals surface area contributed by atoms with Crippen molar-refractivity contribution in [3.63, 3.8) is 0 Å². The Balaban J connectivity index is 2.55. The van der Waals surface area contributed by atoms with Crippen LogP contribution in [0.15, 0.2) is 15.8 Å². The fourth-order valence-corrected chi connectivity index (χ4v) is 2.28. The molecule has 2 heterocycles. The van der Waals surface area contributed by atoms with Crippen LogP contribution in [0.25, 0.3) is 0 Å². The molecule has 0 bridgehead atoms. The molecule has 2 rings (SSSR count). The van der Waals surface area contributed by atoms with Crippen molar-refractivity contribution in [1.29, 1.82) is 0 Å². The summed E-state index contributed by atoms with van der Waals surface area (Å²) < 4.78 is 24.0. The van der Waals surface area contributed by atoms with E-state index in [-0.39, 0.29) is 18.9 Å². The van der Waals surface area contributed by atoms with E-state index in [4.69, 9.17) is 18.8 Å². The highest BCUT2D eigenvalue weighted by atomic mass is 16.7. The van der Waals surface area contributed by atoms with E-state index in [0.717, 1.165) is 4.57 Å². The standard InChI is InChI=1S/C14H23BN2O6/c1-13(2)14(3,4)23-15(22-13)10-7-16(8-20-5)12(19)17(9-21-6)11(10)18/h7H,8-9H2,1-6H3. The summed E-state index contributed by atoms with van der Waals surface area (Å²) >= 11 is 0. The van der Waals surface area contributed by atoms with E-state index in [2.05, 4.69) is 0 Å². The van der Waals surface area contributed by atoms with Crippen molar-refractivity contribution in [2.75, 3.05) is 14.2 Å². The molecule has 1 fully saturated rings. The summed E-state index contributed by atoms with van der Waals surface area (Å²) in [6.07, 6.45) is 1.42. The van der Waals surface area contributed by atoms with Gasteiger partial charge in [0.1, 0.15) is 13.5 Å². The smallest absolute Gasteiger partial charge is 0.399 e. The Labute approximate surface area is 135 Å². The third-order valence-corrected chi connectivity index (χ3v) is 4.30. The fraction of sp³-hybridized carbons (Fsp3) is 0.714. The molecule has 0 spiro atoms. The Bertz CT molecular complexity index is 677. The van der Waals surface area contributed by atoms with Gasteiger partial charge in [0.15, 0.2) is 0 Å². The highest BCUT2D eigenvalue weighted by Crippen LogP contribution is 2.36. The van der Waals surface area contributed by atoms with Crippen molar-refractivity contribution in [3.8, 4) is 0 Å². The third kappa shape index (κ3) is 3.14. The first-order valence-corrected chi connectivity index (χ1v) is 7.32. The van der Waals surface area contributed by atoms with Gasteiger partial charge in [0.05, 0.1) is 16.7 Å². The molecule has 23 heavy (non-hydrogen) atoms. The second-order valence-corrected chi connectivity index (χ2v) is 6.49. The average molecular weight is 326 g/mol. The van der Waals surface area contributed by atoms with Gasteiger partial charge in [0.2, 0.25) is 0 Å². The van der Waals surface area contributed by atoms with Crippen LogP contribution in [0.4, 0.5) is 0 Å². The van der Waals surface area contributed by atoms with Gasteiger partial charge >= 0.3 is 12.8 Å². The number of ether oxygens (including phenoxy) is 2. The second kappa shape index (κ2) is 6.24. The monoisotopic (exact) mass is 326 g/mol. The largest absolute Gasteiger partial charge is 0.502 e. The summed E-state index contributed by atoms with van der Waals surface area (Å²) in [6.45, 7) is 7.43. The van der Waals surface area contributed by atoms with Gasteiger partial charge in [-0.15, -0.1) is 0 Å². The number of aromatic nitrogens is 2. The van der Waals surface area contributed by atoms with Crippen LogP contribution in [0.3, 0.4) is 0 Å². The zero-order valence-corrected chi connectivity index (χ0v) is 14.4. The molecule has 1 aliphatic rings. The van der Waals surface area contributed by atoms with Gasteiger partial charge in [0.25, 0.3) is 5.56 Å². The zero-order valence-electron chi connectivity index (χ0n) is 14.4. The van der Waals surface area contributed by atoms with Crippen molar-refractivity contribution in [2.45, 2.75) is 52.4 Å². The van der Waals surface area contributed by atoms with Crippen LogP contribution >= 0.6 is 0 Å². The summed E-state index contributed by atoms with van der Waals surface area (Å²) in [4.78, 5) is 24.9. The topological polar surface area (TPSA) is 80.9 Å². The molecule has 9 heteroatoms. The molecule has 0 amide bonds. The number of methoxy groups -OCH3 is 2. The van der Waals surface area contributed by atoms with Gasteiger partial charge in [-0.1, -0.05) is 0 Å². The Morgan fingerprint density at radius 3 is 2.04 bits per heavy atom. The first kappa shape index (κ1) is 17.9. The van der Waals surface area contributed by atoms with E-state index in [9.17, 15) is 9.59 Å². The lowest BCUT2D eigenvalue weighted by Crippen LogP contribution is -2.54. The third-order valence-electron chi connectivity index (χ3n) is 4.30. The molecule has 0 aliphatic carbocycles. The lowest BCUT2D eigenvalue weighted by molar-refractivity contribution is 0.00578. The minimum absolute atomic E-state index is 0.00926. The summed E-state index contributed by atoms with van der Waals surface area (Å²) in [5.74, 6) is 0. The SMILES string of the molecule is COCn1cc(B2OC(C)(C)C(C)(C)O2)c(=O)n(COC)c1=O. The molecule has 0 saturated carbocycles. The fourth-order valence-electron chi connectivity index (χ4n) is 2.28. The summed E-state index contributed by atoms with van der Waals surface area (Å²) in [7, 11) is 2.01. The van der Waals surface area contributed by atoms with Crippen molar-refractivity contribution >= 4 is 12.6 Å². The quantitative estimate of drug-likeness (QED) is 0.680. The molecule has 1 aliphatic heterocycles. The van der Waals surface area contributed by atoms with Crippen molar-refractivity contribution in [2.24, 2.45) is 0 Å². The van der Waals surface area contributed by atoms with Gasteiger partial charge in [-0.25, -0.2) is 9.36 Å². The summed E-state index contributed by atoms with van der Waals surface area (Å²) in [6, 6.07) is 0. The molecule has 1 aromatic heterocycles. The van der Waals surface area contributed by atoms with E-state index >= 15 is 0 Å². The molecule has 0 aromatic carbocycles. The predicted molar refractivity (Wildman–Crippen MR) is 84.7 cm³/mol. The van der Waals surface area contributed by atoms with Gasteiger partial charge < -0.3 is 18.8 Å². The van der Waals surface area contributed by atoms with Crippen LogP contribution in [0, 0.1) is 0 Å². The Morgan fingerprint density at radius 1 is 1.04 bits per heavy atom. The first-order valence-electron chi connectivity index (χ1n) is 7.32. The molecule has 8 nitrogen and oxygen atoms in total. The van der Waals surface area contributed by atoms with Gasteiger partial charge in [-0.3, -0.25) is 9.36 Å². The predicted octanol–water partition coefficient (Wildman–Crippen LogP) is -0.483. The first-order chi connectivity index (χ1) is 10.6. The highest BCUT2D eigenvalue weighted by Gasteiger charge is 2.52. The highest BCUT2D eigenvalue weighted by molar-refractivity contribution is 6.61. The molecule has 0 atom stereocenters. The van der Waals surface area contributed by atoms with Crippen LogP contribution in [-0.4, -0.2) is 41.7 Å². The maximum absolute atomic E-state index is 12.6. The van der Waals surface area contributed by atoms with Crippen molar-refractivity contribution < 1.29 is 18.8 Å². The molecule has 0 radical (unpaired) electrons. The molecule has 1 aromatic rings. The molecule has 0 N–H and O–H groups in total. The van der Waals surface area contributed by atoms with Crippen LogP contribution in [0.5, 0.6) is 0 Å². The molecular formula is C14H23BN2O6. The van der Waals surface area contributed by atoms with E-state index in [0.29, 0.717) is 0 Å². The van der Waals surface area contributed by atoms with Gasteiger partial charge in [-0.05, 0) is 27.7 Å². The normalized spacial score (nSPS) is 19.3. The minimum atomic E-state index is -0.862. The number of nitrogens with zero attached hydrogens (tertiary/aromatic N) is 2. The second-order valence-electron chi connectivity index (χ2n) is 6.49. The molecular weight excluding hydrogens is 303 g/mol. The zero-order chi connectivity index (χ0) is 17.4. The van der Waals surface area contributed by atoms with Gasteiger partial charge in [-0.2, -0.15) is 0 Å². The van der Waals surface area contributed by atoms with E-state index in [1.54, 1.807) is 0 Å². The van der Waals surface area contributed by atoms with Crippen LogP contribution in [-0.2, 0) is 32.2 Å². The van der Waals surface area contributed by atoms with Gasteiger partial charge in [0, 0.05) is 20.4 Å². The van der Waals surface area contributed by atoms with Crippen molar-refractivity contribution in [3.05, 3.63) is 27.0 Å². The maximum Gasteiger partial charge on any atom is 0.502 e. The Morgan fingerprint density at radius 2 is 1.57 bits per heavy atom. The van der Waals surface area contributed by atoms with Crippen molar-refractivity contribution in [1.82, 2.24) is 9.13 Å². The number of hydrogen-bond donors (Lipinski definition) is 0. The maximum atomic E-state index is 12.6. The van der Waals surface area contributed by atoms with E-state index < -0.39 is 29.6 Å². The molecule has 0 unspecified atom stereocenters. The molecule has 128 valence electrons. The minimum Gasteiger partial charge on any atom is -0.399 e. The number of rotatable bonds is 5. The van der Waals surface area contributed by atoms with E-state index in [1.807, 2.05) is 27.7 Å². The number of hydrogen-bond acceptors (Lipinski definition) is 6. The lowest BCUT2D eigenvalue weighted by Gasteiger charge is -2.32.